The minimum Gasteiger partial charge on any atom is -0.744 e. The molecule has 2 aromatic heterocycles. The summed E-state index contributed by atoms with van der Waals surface area (Å²) in [6, 6.07) is 19.8. The number of nitrogens with two attached hydrogens (primary N) is 1. The van der Waals surface area contributed by atoms with Crippen LogP contribution in [0.1, 0.15) is 142 Å². The fraction of sp³-hybridized carbons (Fsp3) is 0.478. The maximum Gasteiger partial charge on any atom is 0.490 e. The van der Waals surface area contributed by atoms with Crippen molar-refractivity contribution < 1.29 is 106 Å². The van der Waals surface area contributed by atoms with Crippen LogP contribution in [0.5, 0.6) is 0 Å². The Balaban J connectivity index is 0.648. The Labute approximate surface area is 646 Å². The van der Waals surface area contributed by atoms with Gasteiger partial charge in [0.05, 0.1) is 50.4 Å². The van der Waals surface area contributed by atoms with Crippen LogP contribution < -0.4 is 26.6 Å². The molecule has 111 heavy (non-hydrogen) atoms. The molecule has 10 N–H and O–H groups in total. The standard InChI is InChI=1S/C69H91ClN13O23P3S2/c1-6-80-55-32-29-49(110(95,96)97)41-51(55)68(2,3)58(80)20-18-21-59-69(4,5)52-42-50(111(98,99)100)30-33-56(52)81(59)37-15-11-12-22-60(84)73-34-14-8-10-17-39-102-107(89,90)105-109(93,94)106-108(91,92)103-43-57-63(86)64(67(104-57)82-45-77-62-65(71)75-44-76-66(62)82)101-38-16-9-7-13-35-74-61(85)23-19-36-72-46-24-26-47(27-25-46)78-79-54-31-28-48(83(87)88)40-53(54)70/h18,20-21,24-33,40-42,44-45,57,63-64,67,86H,6-17,19,22-23,34-39,43H2,1-5H3,(H9-,71,72,73,74,75,76,79,84,85,89,90,91,92,93,94,95,96,97,98,99,100)/t57-,63-,64-,67-/m1/s1. The number of amides is 2. The topological polar surface area (TPSA) is 513 Å². The number of imidazole rings is 1. The summed E-state index contributed by atoms with van der Waals surface area (Å²) in [6.07, 6.45) is 9.86. The number of halogens is 1. The highest BCUT2D eigenvalue weighted by molar-refractivity contribution is 7.86. The molecule has 0 saturated carbocycles. The van der Waals surface area contributed by atoms with Gasteiger partial charge in [-0.05, 0) is 138 Å². The molecule has 0 bridgehead atoms. The van der Waals surface area contributed by atoms with Crippen molar-refractivity contribution in [1.82, 2.24) is 30.2 Å². The molecule has 36 nitrogen and oxygen atoms in total. The number of anilines is 3. The Morgan fingerprint density at radius 2 is 1.41 bits per heavy atom. The Hall–Kier alpha value is -7.68. The minimum atomic E-state index is -5.89. The Kier molecular flexibility index (Phi) is 29.9. The number of non-ortho nitro benzene ring substituents is 1. The largest absolute Gasteiger partial charge is 0.744 e. The normalized spacial score (nSPS) is 19.5. The molecule has 9 rings (SSSR count). The van der Waals surface area contributed by atoms with E-state index in [9.17, 15) is 79.1 Å². The van der Waals surface area contributed by atoms with Crippen molar-refractivity contribution in [3.05, 3.63) is 142 Å². The SMILES string of the molecule is CCN1/C(=C/C=C/C2=[N+](CCCCCC(=O)NCCCCCCOP(=O)(O)OP(=O)(O)OP(=O)(O)OC[C@H]3O[C@@H](n4cnc5c(N)ncnc54)[C@H](OCCCCCCNC(=O)CCCNc4ccc(N=Nc5ccc([N+](=O)[O-])cc5Cl)cc4)[C@@H]3O)c3ccc(S(=O)(=O)O)cc3C2(C)C)C(C)(C)c2cc(S(=O)(=O)[O-])ccc21. The third-order valence-electron chi connectivity index (χ3n) is 18.8. The van der Waals surface area contributed by atoms with Gasteiger partial charge < -0.3 is 60.4 Å². The first-order chi connectivity index (χ1) is 52.4. The van der Waals surface area contributed by atoms with Crippen LogP contribution in [0.4, 0.5) is 39.9 Å². The first kappa shape index (κ1) is 87.3. The first-order valence-electron chi connectivity index (χ1n) is 35.7. The van der Waals surface area contributed by atoms with Crippen LogP contribution in [-0.2, 0) is 81.5 Å². The van der Waals surface area contributed by atoms with Gasteiger partial charge in [-0.1, -0.05) is 57.2 Å². The number of aromatic nitrogens is 4. The number of nitrogens with one attached hydrogen (secondary N) is 3. The number of nitro groups is 1. The van der Waals surface area contributed by atoms with Crippen molar-refractivity contribution in [3.63, 3.8) is 0 Å². The number of hydrogen-bond acceptors (Lipinski definition) is 27. The maximum absolute atomic E-state index is 13.1. The lowest BCUT2D eigenvalue weighted by Gasteiger charge is -2.25. The van der Waals surface area contributed by atoms with Crippen molar-refractivity contribution in [2.75, 3.05) is 68.5 Å². The van der Waals surface area contributed by atoms with Crippen molar-refractivity contribution in [2.24, 2.45) is 10.2 Å². The van der Waals surface area contributed by atoms with Crippen LogP contribution in [0.15, 0.2) is 135 Å². The molecule has 604 valence electrons. The van der Waals surface area contributed by atoms with Gasteiger partial charge in [-0.3, -0.25) is 37.9 Å². The zero-order valence-corrected chi connectivity index (χ0v) is 66.6. The molecule has 0 spiro atoms. The molecule has 2 amide bonds. The number of phosphoric ester groups is 2. The van der Waals surface area contributed by atoms with Crippen LogP contribution in [-0.4, -0.2) is 163 Å². The monoisotopic (exact) mass is 1660 g/mol. The molecule has 4 aromatic carbocycles. The second kappa shape index (κ2) is 38.0. The zero-order valence-electron chi connectivity index (χ0n) is 61.5. The van der Waals surface area contributed by atoms with Crippen LogP contribution in [0, 0.1) is 10.1 Å². The van der Waals surface area contributed by atoms with E-state index in [0.717, 1.165) is 28.5 Å². The predicted octanol–water partition coefficient (Wildman–Crippen LogP) is 11.7. The highest BCUT2D eigenvalue weighted by Gasteiger charge is 2.50. The molecular formula is C69H91ClN13O23P3S2. The molecule has 0 radical (unpaired) electrons. The molecule has 6 aromatic rings. The van der Waals surface area contributed by atoms with E-state index in [0.29, 0.717) is 120 Å². The quantitative estimate of drug-likeness (QED) is 0.00326. The van der Waals surface area contributed by atoms with Crippen molar-refractivity contribution in [1.29, 1.82) is 0 Å². The van der Waals surface area contributed by atoms with E-state index in [1.54, 1.807) is 36.4 Å². The lowest BCUT2D eigenvalue weighted by atomic mass is 9.81. The number of likely N-dealkylation sites (N-methyl/N-ethyl adjacent to an activating group) is 1. The second-order valence-corrected chi connectivity index (χ2v) is 35.3. The number of fused-ring (bicyclic) bond motifs is 3. The average Bonchev–Trinajstić information content (AvgIpc) is 1.59. The average molecular weight is 1660 g/mol. The summed E-state index contributed by atoms with van der Waals surface area (Å²) < 4.78 is 143. The predicted molar refractivity (Wildman–Crippen MR) is 408 cm³/mol. The van der Waals surface area contributed by atoms with Gasteiger partial charge in [0.15, 0.2) is 23.4 Å². The minimum absolute atomic E-state index is 0.0340. The number of nitrogens with zero attached hydrogens (tertiary/aromatic N) is 9. The number of carbonyl (C=O) groups excluding carboxylic acids is 2. The van der Waals surface area contributed by atoms with E-state index in [1.165, 1.54) is 59.7 Å². The highest BCUT2D eigenvalue weighted by atomic mass is 35.5. The molecule has 3 unspecified atom stereocenters. The fourth-order valence-corrected chi connectivity index (χ4v) is 17.9. The van der Waals surface area contributed by atoms with Crippen LogP contribution in [0.3, 0.4) is 0 Å². The van der Waals surface area contributed by atoms with Gasteiger partial charge in [0.25, 0.3) is 15.8 Å². The number of unbranched alkanes of at least 4 members (excludes halogenated alkanes) is 8. The van der Waals surface area contributed by atoms with Crippen LogP contribution >= 0.6 is 35.1 Å². The van der Waals surface area contributed by atoms with E-state index >= 15 is 0 Å². The Morgan fingerprint density at radius 1 is 0.766 bits per heavy atom. The first-order valence-corrected chi connectivity index (χ1v) is 43.5. The van der Waals surface area contributed by atoms with E-state index in [-0.39, 0.29) is 80.9 Å². The van der Waals surface area contributed by atoms with Gasteiger partial charge in [0, 0.05) is 104 Å². The number of azo groups is 1. The van der Waals surface area contributed by atoms with Crippen LogP contribution in [0.25, 0.3) is 11.2 Å². The lowest BCUT2D eigenvalue weighted by Crippen LogP contribution is -2.36. The van der Waals surface area contributed by atoms with Crippen molar-refractivity contribution >= 4 is 124 Å². The van der Waals surface area contributed by atoms with Crippen molar-refractivity contribution in [3.8, 4) is 0 Å². The number of aliphatic hydroxyl groups excluding tert-OH is 1. The summed E-state index contributed by atoms with van der Waals surface area (Å²) in [7, 11) is -26.2. The fourth-order valence-electron chi connectivity index (χ4n) is 13.1. The Bertz CT molecular complexity index is 4880. The van der Waals surface area contributed by atoms with E-state index in [1.807, 2.05) is 52.8 Å². The van der Waals surface area contributed by atoms with E-state index in [4.69, 9.17) is 35.9 Å². The van der Waals surface area contributed by atoms with Crippen molar-refractivity contribution in [2.45, 2.75) is 170 Å². The van der Waals surface area contributed by atoms with Gasteiger partial charge in [0.2, 0.25) is 17.5 Å². The zero-order chi connectivity index (χ0) is 80.7. The molecule has 3 aliphatic rings. The number of nitro benzene ring substituents is 1. The number of aliphatic hydroxyl groups is 1. The molecular weight excluding hydrogens is 1570 g/mol. The summed E-state index contributed by atoms with van der Waals surface area (Å²) in [6.45, 7) is 10.8. The molecule has 42 heteroatoms. The summed E-state index contributed by atoms with van der Waals surface area (Å²) in [4.78, 5) is 80.8. The smallest absolute Gasteiger partial charge is 0.490 e. The number of phosphoric acid groups is 3. The number of rotatable bonds is 43. The van der Waals surface area contributed by atoms with Gasteiger partial charge in [-0.15, -0.1) is 5.11 Å². The number of nitrogen functional groups attached to an aromatic ring is 1. The van der Waals surface area contributed by atoms with E-state index < -0.39 is 97.2 Å². The second-order valence-electron chi connectivity index (χ2n) is 27.4. The third kappa shape index (κ3) is 23.5. The van der Waals surface area contributed by atoms with Gasteiger partial charge in [0.1, 0.15) is 52.5 Å². The number of hydrogen-bond donors (Lipinski definition) is 9. The number of benzene rings is 4. The summed E-state index contributed by atoms with van der Waals surface area (Å²) in [5, 5.41) is 39.8. The number of carbonyl (C=O) groups is 2. The number of allylic oxidation sites excluding steroid dienone is 4. The maximum atomic E-state index is 13.1. The van der Waals surface area contributed by atoms with Crippen LogP contribution in [0.2, 0.25) is 5.02 Å². The highest BCUT2D eigenvalue weighted by Crippen LogP contribution is 2.68. The molecule has 0 aliphatic carbocycles. The number of ether oxygens (including phenoxy) is 2. The van der Waals surface area contributed by atoms with Gasteiger partial charge in [-0.2, -0.15) is 26.7 Å². The van der Waals surface area contributed by atoms with E-state index in [2.05, 4.69) is 59.2 Å². The summed E-state index contributed by atoms with van der Waals surface area (Å²) in [5.74, 6) is -0.263. The lowest BCUT2D eigenvalue weighted by molar-refractivity contribution is -0.438. The molecule has 5 heterocycles. The molecule has 1 saturated heterocycles. The van der Waals surface area contributed by atoms with Gasteiger partial charge >= 0.3 is 23.5 Å². The molecule has 1 fully saturated rings. The summed E-state index contributed by atoms with van der Waals surface area (Å²) >= 11 is 6.10. The third-order valence-corrected chi connectivity index (χ3v) is 25.0. The molecule has 7 atom stereocenters. The Morgan fingerprint density at radius 3 is 2.06 bits per heavy atom. The molecule has 3 aliphatic heterocycles. The summed E-state index contributed by atoms with van der Waals surface area (Å²) in [5.41, 5.74) is 11.0. The van der Waals surface area contributed by atoms with Gasteiger partial charge in [-0.25, -0.2) is 37.1 Å².